The SMILES string of the molecule is C[C@H](Cc1ccccc1)[NH2+]Cc1ccco1. The van der Waals surface area contributed by atoms with Crippen LogP contribution in [0.2, 0.25) is 0 Å². The van der Waals surface area contributed by atoms with E-state index in [-0.39, 0.29) is 0 Å². The molecule has 1 heterocycles. The number of furan rings is 1. The van der Waals surface area contributed by atoms with Crippen molar-refractivity contribution in [1.29, 1.82) is 0 Å². The van der Waals surface area contributed by atoms with Crippen molar-refractivity contribution in [2.24, 2.45) is 0 Å². The minimum Gasteiger partial charge on any atom is -0.463 e. The van der Waals surface area contributed by atoms with E-state index in [1.165, 1.54) is 5.56 Å². The van der Waals surface area contributed by atoms with E-state index in [0.29, 0.717) is 6.04 Å². The van der Waals surface area contributed by atoms with Crippen molar-refractivity contribution in [3.63, 3.8) is 0 Å². The molecule has 0 aliphatic heterocycles. The summed E-state index contributed by atoms with van der Waals surface area (Å²) in [5.41, 5.74) is 1.39. The molecule has 0 saturated heterocycles. The number of benzene rings is 1. The fraction of sp³-hybridized carbons (Fsp3) is 0.286. The summed E-state index contributed by atoms with van der Waals surface area (Å²) < 4.78 is 5.30. The number of hydrogen-bond acceptors (Lipinski definition) is 1. The Kier molecular flexibility index (Phi) is 3.78. The largest absolute Gasteiger partial charge is 0.463 e. The monoisotopic (exact) mass is 216 g/mol. The van der Waals surface area contributed by atoms with Crippen LogP contribution >= 0.6 is 0 Å². The van der Waals surface area contributed by atoms with Crippen molar-refractivity contribution in [3.05, 3.63) is 60.1 Å². The van der Waals surface area contributed by atoms with E-state index >= 15 is 0 Å². The number of rotatable bonds is 5. The second-order valence-electron chi connectivity index (χ2n) is 4.19. The molecule has 2 aromatic rings. The Labute approximate surface area is 96.3 Å². The van der Waals surface area contributed by atoms with Crippen molar-refractivity contribution < 1.29 is 9.73 Å². The Morgan fingerprint density at radius 2 is 1.94 bits per heavy atom. The van der Waals surface area contributed by atoms with Gasteiger partial charge in [-0.2, -0.15) is 0 Å². The van der Waals surface area contributed by atoms with Crippen LogP contribution in [0.4, 0.5) is 0 Å². The molecule has 0 saturated carbocycles. The second-order valence-corrected chi connectivity index (χ2v) is 4.19. The van der Waals surface area contributed by atoms with Crippen molar-refractivity contribution in [2.45, 2.75) is 25.9 Å². The summed E-state index contributed by atoms with van der Waals surface area (Å²) in [4.78, 5) is 0. The highest BCUT2D eigenvalue weighted by Gasteiger charge is 2.07. The zero-order valence-corrected chi connectivity index (χ0v) is 9.60. The van der Waals surface area contributed by atoms with Gasteiger partial charge in [-0.1, -0.05) is 30.3 Å². The Morgan fingerprint density at radius 3 is 2.62 bits per heavy atom. The van der Waals surface area contributed by atoms with Crippen LogP contribution in [-0.2, 0) is 13.0 Å². The second kappa shape index (κ2) is 5.52. The molecule has 1 aromatic heterocycles. The summed E-state index contributed by atoms with van der Waals surface area (Å²) in [6.07, 6.45) is 2.83. The normalized spacial score (nSPS) is 12.6. The molecule has 2 rings (SSSR count). The van der Waals surface area contributed by atoms with Gasteiger partial charge in [-0.05, 0) is 24.6 Å². The van der Waals surface area contributed by atoms with Crippen LogP contribution in [-0.4, -0.2) is 6.04 Å². The Bertz CT molecular complexity index is 394. The van der Waals surface area contributed by atoms with Crippen LogP contribution in [0.1, 0.15) is 18.2 Å². The first kappa shape index (κ1) is 11.0. The first-order chi connectivity index (χ1) is 7.84. The van der Waals surface area contributed by atoms with Crippen molar-refractivity contribution in [3.8, 4) is 0 Å². The van der Waals surface area contributed by atoms with Crippen LogP contribution in [0.25, 0.3) is 0 Å². The fourth-order valence-corrected chi connectivity index (χ4v) is 1.82. The lowest BCUT2D eigenvalue weighted by Crippen LogP contribution is -2.88. The van der Waals surface area contributed by atoms with Gasteiger partial charge in [0.2, 0.25) is 0 Å². The highest BCUT2D eigenvalue weighted by molar-refractivity contribution is 5.15. The summed E-state index contributed by atoms with van der Waals surface area (Å²) in [6.45, 7) is 3.16. The molecule has 0 spiro atoms. The maximum Gasteiger partial charge on any atom is 0.157 e. The van der Waals surface area contributed by atoms with Crippen LogP contribution in [0, 0.1) is 0 Å². The minimum absolute atomic E-state index is 0.576. The van der Waals surface area contributed by atoms with Gasteiger partial charge in [0, 0.05) is 6.42 Å². The summed E-state index contributed by atoms with van der Waals surface area (Å²) in [7, 11) is 0. The molecule has 16 heavy (non-hydrogen) atoms. The fourth-order valence-electron chi connectivity index (χ4n) is 1.82. The number of quaternary nitrogens is 1. The van der Waals surface area contributed by atoms with Gasteiger partial charge in [0.1, 0.15) is 6.54 Å². The van der Waals surface area contributed by atoms with E-state index < -0.39 is 0 Å². The van der Waals surface area contributed by atoms with Crippen molar-refractivity contribution in [1.82, 2.24) is 0 Å². The third-order valence-corrected chi connectivity index (χ3v) is 2.70. The highest BCUT2D eigenvalue weighted by atomic mass is 16.3. The predicted molar refractivity (Wildman–Crippen MR) is 63.9 cm³/mol. The van der Waals surface area contributed by atoms with Gasteiger partial charge >= 0.3 is 0 Å². The lowest BCUT2D eigenvalue weighted by molar-refractivity contribution is -0.702. The van der Waals surface area contributed by atoms with Gasteiger partial charge in [-0.25, -0.2) is 0 Å². The molecule has 0 amide bonds. The van der Waals surface area contributed by atoms with Crippen LogP contribution in [0.5, 0.6) is 0 Å². The van der Waals surface area contributed by atoms with E-state index in [9.17, 15) is 0 Å². The van der Waals surface area contributed by atoms with Crippen LogP contribution in [0.15, 0.2) is 53.1 Å². The predicted octanol–water partition coefficient (Wildman–Crippen LogP) is 1.97. The Morgan fingerprint density at radius 1 is 1.12 bits per heavy atom. The van der Waals surface area contributed by atoms with E-state index in [1.54, 1.807) is 6.26 Å². The number of hydrogen-bond donors (Lipinski definition) is 1. The molecule has 2 N–H and O–H groups in total. The molecule has 1 atom stereocenters. The summed E-state index contributed by atoms with van der Waals surface area (Å²) in [6, 6.07) is 15.1. The third-order valence-electron chi connectivity index (χ3n) is 2.70. The molecule has 0 aliphatic carbocycles. The van der Waals surface area contributed by atoms with Gasteiger partial charge in [-0.15, -0.1) is 0 Å². The maximum absolute atomic E-state index is 5.30. The van der Waals surface area contributed by atoms with Crippen LogP contribution in [0.3, 0.4) is 0 Å². The first-order valence-electron chi connectivity index (χ1n) is 5.74. The minimum atomic E-state index is 0.576. The van der Waals surface area contributed by atoms with E-state index in [0.717, 1.165) is 18.7 Å². The van der Waals surface area contributed by atoms with E-state index in [2.05, 4.69) is 42.6 Å². The molecule has 1 aromatic carbocycles. The van der Waals surface area contributed by atoms with Gasteiger partial charge in [-0.3, -0.25) is 0 Å². The Hall–Kier alpha value is -1.54. The Balaban J connectivity index is 1.78. The van der Waals surface area contributed by atoms with Gasteiger partial charge < -0.3 is 9.73 Å². The van der Waals surface area contributed by atoms with E-state index in [4.69, 9.17) is 4.42 Å². The summed E-state index contributed by atoms with van der Waals surface area (Å²) in [5.74, 6) is 1.04. The molecule has 2 heteroatoms. The summed E-state index contributed by atoms with van der Waals surface area (Å²) in [5, 5.41) is 2.31. The average molecular weight is 216 g/mol. The molecule has 0 fully saturated rings. The zero-order chi connectivity index (χ0) is 11.2. The molecular weight excluding hydrogens is 198 g/mol. The molecular formula is C14H18NO+. The summed E-state index contributed by atoms with van der Waals surface area (Å²) >= 11 is 0. The molecule has 0 unspecified atom stereocenters. The van der Waals surface area contributed by atoms with Crippen molar-refractivity contribution in [2.75, 3.05) is 0 Å². The highest BCUT2D eigenvalue weighted by Crippen LogP contribution is 2.01. The molecule has 84 valence electrons. The topological polar surface area (TPSA) is 29.8 Å². The van der Waals surface area contributed by atoms with Crippen molar-refractivity contribution >= 4 is 0 Å². The third kappa shape index (κ3) is 3.24. The smallest absolute Gasteiger partial charge is 0.157 e. The number of nitrogens with two attached hydrogens (primary N) is 1. The standard InChI is InChI=1S/C14H17NO/c1-12(10-13-6-3-2-4-7-13)15-11-14-8-5-9-16-14/h2-9,12,15H,10-11H2,1H3/p+1/t12-/m1/s1. The van der Waals surface area contributed by atoms with Gasteiger partial charge in [0.25, 0.3) is 0 Å². The van der Waals surface area contributed by atoms with Gasteiger partial charge in [0.15, 0.2) is 5.76 Å². The van der Waals surface area contributed by atoms with Gasteiger partial charge in [0.05, 0.1) is 12.3 Å². The molecule has 0 aliphatic rings. The molecule has 0 radical (unpaired) electrons. The lowest BCUT2D eigenvalue weighted by atomic mass is 10.1. The van der Waals surface area contributed by atoms with E-state index in [1.807, 2.05) is 12.1 Å². The molecule has 2 nitrogen and oxygen atoms in total. The first-order valence-corrected chi connectivity index (χ1v) is 5.74. The molecule has 0 bridgehead atoms. The average Bonchev–Trinajstić information content (AvgIpc) is 2.81. The zero-order valence-electron chi connectivity index (χ0n) is 9.60. The van der Waals surface area contributed by atoms with Crippen LogP contribution < -0.4 is 5.32 Å². The quantitative estimate of drug-likeness (QED) is 0.813. The maximum atomic E-state index is 5.30. The lowest BCUT2D eigenvalue weighted by Gasteiger charge is -2.09.